The fraction of sp³-hybridized carbons (Fsp3) is 0.294. The highest BCUT2D eigenvalue weighted by atomic mass is 16.5. The van der Waals surface area contributed by atoms with Gasteiger partial charge in [-0.2, -0.15) is 0 Å². The number of rotatable bonds is 12. The molecule has 0 aliphatic rings. The lowest BCUT2D eigenvalue weighted by molar-refractivity contribution is 0.0991. The van der Waals surface area contributed by atoms with Crippen molar-refractivity contribution < 1.29 is 13.9 Å². The Bertz CT molecular complexity index is 1580. The summed E-state index contributed by atoms with van der Waals surface area (Å²) >= 11 is 0. The van der Waals surface area contributed by atoms with Crippen molar-refractivity contribution in [1.29, 1.82) is 0 Å². The Morgan fingerprint density at radius 2 is 1.59 bits per heavy atom. The largest absolute Gasteiger partial charge is 0.486 e. The molecule has 7 nitrogen and oxygen atoms in total. The number of hydrogen-bond acceptors (Lipinski definition) is 5. The third-order valence-corrected chi connectivity index (χ3v) is 7.75. The first-order valence-electron chi connectivity index (χ1n) is 14.3. The van der Waals surface area contributed by atoms with Gasteiger partial charge in [-0.25, -0.2) is 4.98 Å². The van der Waals surface area contributed by atoms with Crippen LogP contribution in [0.2, 0.25) is 0 Å². The fourth-order valence-corrected chi connectivity index (χ4v) is 5.06. The zero-order valence-electron chi connectivity index (χ0n) is 24.3. The molecule has 2 aromatic heterocycles. The molecule has 7 heteroatoms. The molecular formula is C34H38N4O3. The average Bonchev–Trinajstić information content (AvgIpc) is 3.62. The van der Waals surface area contributed by atoms with Crippen LogP contribution in [-0.2, 0) is 18.6 Å². The monoisotopic (exact) mass is 550 g/mol. The topological polar surface area (TPSA) is 72.5 Å². The minimum absolute atomic E-state index is 0.116. The Hall–Kier alpha value is -4.36. The first-order valence-corrected chi connectivity index (χ1v) is 14.3. The van der Waals surface area contributed by atoms with E-state index in [0.717, 1.165) is 43.0 Å². The standard InChI is InChI=1S/C34H38N4O3/c1-5-37(6-2)22-23-38-30-15-11-10-14-29(30)35-33(38)36-32(39)31-21-20-28(41-31)24-40-27-18-16-26(17-19-27)34(3,4)25-12-8-7-9-13-25/h7-21H,5-6,22-24H2,1-4H3,(H,35,36,39). The number of carbonyl (C=O) groups is 1. The van der Waals surface area contributed by atoms with E-state index in [-0.39, 0.29) is 23.7 Å². The highest BCUT2D eigenvalue weighted by Crippen LogP contribution is 2.32. The Labute approximate surface area is 241 Å². The van der Waals surface area contributed by atoms with Crippen LogP contribution in [0, 0.1) is 0 Å². The third-order valence-electron chi connectivity index (χ3n) is 7.75. The van der Waals surface area contributed by atoms with Gasteiger partial charge in [0, 0.05) is 18.5 Å². The van der Waals surface area contributed by atoms with Crippen LogP contribution in [0.25, 0.3) is 11.0 Å². The maximum atomic E-state index is 13.1. The highest BCUT2D eigenvalue weighted by molar-refractivity contribution is 6.02. The van der Waals surface area contributed by atoms with Gasteiger partial charge in [0.25, 0.3) is 5.91 Å². The molecule has 0 radical (unpaired) electrons. The first kappa shape index (κ1) is 28.2. The molecular weight excluding hydrogens is 512 g/mol. The second kappa shape index (κ2) is 12.4. The van der Waals surface area contributed by atoms with Crippen molar-refractivity contribution in [3.8, 4) is 5.75 Å². The summed E-state index contributed by atoms with van der Waals surface area (Å²) in [6.07, 6.45) is 0. The summed E-state index contributed by atoms with van der Waals surface area (Å²) in [5, 5.41) is 2.96. The van der Waals surface area contributed by atoms with E-state index in [9.17, 15) is 4.79 Å². The van der Waals surface area contributed by atoms with Crippen LogP contribution in [0.3, 0.4) is 0 Å². The summed E-state index contributed by atoms with van der Waals surface area (Å²) in [5.74, 6) is 1.69. The summed E-state index contributed by atoms with van der Waals surface area (Å²) in [7, 11) is 0. The van der Waals surface area contributed by atoms with Gasteiger partial charge in [0.2, 0.25) is 5.95 Å². The Balaban J connectivity index is 1.23. The van der Waals surface area contributed by atoms with E-state index < -0.39 is 0 Å². The number of carbonyl (C=O) groups excluding carboxylic acids is 1. The van der Waals surface area contributed by atoms with E-state index in [1.54, 1.807) is 12.1 Å². The summed E-state index contributed by atoms with van der Waals surface area (Å²) in [4.78, 5) is 20.1. The third kappa shape index (κ3) is 6.36. The number of nitrogens with zero attached hydrogens (tertiary/aromatic N) is 3. The minimum atomic E-state index is -0.344. The molecule has 41 heavy (non-hydrogen) atoms. The lowest BCUT2D eigenvalue weighted by Crippen LogP contribution is -2.27. The Morgan fingerprint density at radius 3 is 2.32 bits per heavy atom. The molecule has 0 aliphatic carbocycles. The van der Waals surface area contributed by atoms with Gasteiger partial charge in [-0.05, 0) is 60.6 Å². The van der Waals surface area contributed by atoms with Gasteiger partial charge in [-0.15, -0.1) is 0 Å². The molecule has 1 amide bonds. The zero-order valence-corrected chi connectivity index (χ0v) is 24.3. The van der Waals surface area contributed by atoms with Crippen LogP contribution in [-0.4, -0.2) is 40.0 Å². The van der Waals surface area contributed by atoms with Gasteiger partial charge in [-0.3, -0.25) is 10.1 Å². The van der Waals surface area contributed by atoms with Gasteiger partial charge in [0.05, 0.1) is 11.0 Å². The van der Waals surface area contributed by atoms with E-state index >= 15 is 0 Å². The number of hydrogen-bond donors (Lipinski definition) is 1. The summed E-state index contributed by atoms with van der Waals surface area (Å²) in [6, 6.07) is 29.9. The molecule has 0 atom stereocenters. The second-order valence-corrected chi connectivity index (χ2v) is 10.6. The number of nitrogens with one attached hydrogen (secondary N) is 1. The van der Waals surface area contributed by atoms with Crippen molar-refractivity contribution in [2.24, 2.45) is 0 Å². The molecule has 0 unspecified atom stereocenters. The van der Waals surface area contributed by atoms with Crippen LogP contribution >= 0.6 is 0 Å². The number of furan rings is 1. The number of fused-ring (bicyclic) bond motifs is 1. The van der Waals surface area contributed by atoms with Crippen molar-refractivity contribution in [2.45, 2.75) is 46.3 Å². The van der Waals surface area contributed by atoms with Crippen molar-refractivity contribution >= 4 is 22.9 Å². The van der Waals surface area contributed by atoms with Crippen LogP contribution in [0.4, 0.5) is 5.95 Å². The number of likely N-dealkylation sites (N-methyl/N-ethyl adjacent to an activating group) is 1. The molecule has 0 aliphatic heterocycles. The molecule has 0 fully saturated rings. The van der Waals surface area contributed by atoms with Crippen LogP contribution in [0.1, 0.15) is 55.1 Å². The van der Waals surface area contributed by atoms with Gasteiger partial charge in [0.1, 0.15) is 18.1 Å². The summed E-state index contributed by atoms with van der Waals surface area (Å²) in [6.45, 7) is 12.5. The quantitative estimate of drug-likeness (QED) is 0.179. The molecule has 212 valence electrons. The maximum absolute atomic E-state index is 13.1. The molecule has 3 aromatic carbocycles. The van der Waals surface area contributed by atoms with Crippen LogP contribution in [0.5, 0.6) is 5.75 Å². The summed E-state index contributed by atoms with van der Waals surface area (Å²) < 4.78 is 13.9. The molecule has 5 rings (SSSR count). The molecule has 1 N–H and O–H groups in total. The van der Waals surface area contributed by atoms with E-state index in [2.05, 4.69) is 83.9 Å². The van der Waals surface area contributed by atoms with E-state index in [4.69, 9.17) is 9.15 Å². The lowest BCUT2D eigenvalue weighted by atomic mass is 9.78. The zero-order chi connectivity index (χ0) is 28.8. The van der Waals surface area contributed by atoms with Crippen molar-refractivity contribution in [3.05, 3.63) is 114 Å². The predicted octanol–water partition coefficient (Wildman–Crippen LogP) is 7.13. The van der Waals surface area contributed by atoms with E-state index in [1.165, 1.54) is 11.1 Å². The fourth-order valence-electron chi connectivity index (χ4n) is 5.06. The molecule has 5 aromatic rings. The van der Waals surface area contributed by atoms with Gasteiger partial charge in [-0.1, -0.05) is 82.3 Å². The number of ether oxygens (including phenoxy) is 1. The van der Waals surface area contributed by atoms with Gasteiger partial charge < -0.3 is 18.6 Å². The van der Waals surface area contributed by atoms with E-state index in [0.29, 0.717) is 11.7 Å². The van der Waals surface area contributed by atoms with Crippen molar-refractivity contribution in [2.75, 3.05) is 25.0 Å². The number of para-hydroxylation sites is 2. The molecule has 2 heterocycles. The number of aromatic nitrogens is 2. The molecule has 0 bridgehead atoms. The normalized spacial score (nSPS) is 11.7. The van der Waals surface area contributed by atoms with Gasteiger partial charge >= 0.3 is 0 Å². The number of amides is 1. The second-order valence-electron chi connectivity index (χ2n) is 10.6. The molecule has 0 spiro atoms. The van der Waals surface area contributed by atoms with E-state index in [1.807, 2.05) is 42.5 Å². The molecule has 0 saturated carbocycles. The maximum Gasteiger partial charge on any atom is 0.293 e. The van der Waals surface area contributed by atoms with Crippen LogP contribution < -0.4 is 10.1 Å². The van der Waals surface area contributed by atoms with Crippen molar-refractivity contribution in [3.63, 3.8) is 0 Å². The highest BCUT2D eigenvalue weighted by Gasteiger charge is 2.23. The number of benzene rings is 3. The predicted molar refractivity (Wildman–Crippen MR) is 164 cm³/mol. The number of imidazole rings is 1. The van der Waals surface area contributed by atoms with Crippen molar-refractivity contribution in [1.82, 2.24) is 14.5 Å². The smallest absolute Gasteiger partial charge is 0.293 e. The minimum Gasteiger partial charge on any atom is -0.486 e. The van der Waals surface area contributed by atoms with Gasteiger partial charge in [0.15, 0.2) is 5.76 Å². The summed E-state index contributed by atoms with van der Waals surface area (Å²) in [5.41, 5.74) is 4.18. The number of anilines is 1. The SMILES string of the molecule is CCN(CC)CCn1c(NC(=O)c2ccc(COc3ccc(C(C)(C)c4ccccc4)cc3)o2)nc2ccccc21. The van der Waals surface area contributed by atoms with Crippen LogP contribution in [0.15, 0.2) is 95.4 Å². The average molecular weight is 551 g/mol. The Kier molecular flexibility index (Phi) is 8.55. The Morgan fingerprint density at radius 1 is 0.902 bits per heavy atom. The molecule has 0 saturated heterocycles. The first-order chi connectivity index (χ1) is 19.9. The lowest BCUT2D eigenvalue weighted by Gasteiger charge is -2.26.